The van der Waals surface area contributed by atoms with Crippen LogP contribution < -0.4 is 21.4 Å². The molecule has 0 fully saturated rings. The van der Waals surface area contributed by atoms with Crippen molar-refractivity contribution in [1.29, 1.82) is 0 Å². The van der Waals surface area contributed by atoms with Gasteiger partial charge in [-0.25, -0.2) is 5.01 Å². The molecule has 1 aromatic carbocycles. The molecule has 14 nitrogen and oxygen atoms in total. The second-order valence-corrected chi connectivity index (χ2v) is 10.5. The molecule has 0 saturated carbocycles. The van der Waals surface area contributed by atoms with Gasteiger partial charge in [0.25, 0.3) is 10.1 Å². The van der Waals surface area contributed by atoms with Crippen LogP contribution in [-0.4, -0.2) is 106 Å². The van der Waals surface area contributed by atoms with Crippen molar-refractivity contribution >= 4 is 38.7 Å². The number of aryl methyl sites for hydroxylation is 1. The minimum atomic E-state index is -4.55. The van der Waals surface area contributed by atoms with Gasteiger partial charge in [-0.1, -0.05) is 18.2 Å². The minimum Gasteiger partial charge on any atom is -0.377 e. The van der Waals surface area contributed by atoms with Gasteiger partial charge < -0.3 is 30.0 Å². The first-order valence-electron chi connectivity index (χ1n) is 12.9. The third-order valence-electron chi connectivity index (χ3n) is 5.81. The number of para-hydroxylation sites is 1. The van der Waals surface area contributed by atoms with Crippen LogP contribution in [0.1, 0.15) is 19.0 Å². The molecule has 224 valence electrons. The monoisotopic (exact) mass is 584 g/mol. The quantitative estimate of drug-likeness (QED) is 0.0801. The average molecular weight is 585 g/mol. The molecule has 5 N–H and O–H groups in total. The predicted molar refractivity (Wildman–Crippen MR) is 149 cm³/mol. The number of amides is 3. The van der Waals surface area contributed by atoms with Crippen molar-refractivity contribution in [2.75, 3.05) is 59.4 Å². The topological polar surface area (TPSA) is 180 Å². The molecule has 0 saturated heterocycles. The standard InChI is InChI=1S/C25H40N6O8S/c1-19(32)27-9-12-38-14-15-39-13-10-28-25(34)22(18-40(35,36)37)29-24(33)8-11-31-21(17-30(3)26-2)16-20-6-4-5-7-23(20)31/h4-7,16,22,26H,8-15,17-18H2,1-3H3,(H,27,32)(H,28,34)(H,29,33)(H,35,36,37)/t22-/m0/s1. The van der Waals surface area contributed by atoms with Crippen LogP contribution in [0.25, 0.3) is 10.9 Å². The molecule has 1 atom stereocenters. The molecule has 0 unspecified atom stereocenters. The Hall–Kier alpha value is -3.08. The molecule has 2 aromatic rings. The third-order valence-corrected chi connectivity index (χ3v) is 6.56. The lowest BCUT2D eigenvalue weighted by atomic mass is 10.2. The summed E-state index contributed by atoms with van der Waals surface area (Å²) in [5.74, 6) is -2.40. The predicted octanol–water partition coefficient (Wildman–Crippen LogP) is -0.744. The van der Waals surface area contributed by atoms with E-state index < -0.39 is 33.7 Å². The number of hydrogen-bond acceptors (Lipinski definition) is 9. The second-order valence-electron chi connectivity index (χ2n) is 9.04. The van der Waals surface area contributed by atoms with Crippen LogP contribution in [0.15, 0.2) is 30.3 Å². The number of carbonyl (C=O) groups excluding carboxylic acids is 3. The summed E-state index contributed by atoms with van der Waals surface area (Å²) >= 11 is 0. The number of aromatic nitrogens is 1. The van der Waals surface area contributed by atoms with Gasteiger partial charge in [-0.05, 0) is 24.6 Å². The van der Waals surface area contributed by atoms with E-state index in [-0.39, 0.29) is 32.1 Å². The summed E-state index contributed by atoms with van der Waals surface area (Å²) in [6.07, 6.45) is -0.0186. The zero-order valence-electron chi connectivity index (χ0n) is 23.1. The number of fused-ring (bicyclic) bond motifs is 1. The Morgan fingerprint density at radius 3 is 2.33 bits per heavy atom. The van der Waals surface area contributed by atoms with Gasteiger partial charge in [-0.3, -0.25) is 24.4 Å². The van der Waals surface area contributed by atoms with Crippen LogP contribution in [0.3, 0.4) is 0 Å². The van der Waals surface area contributed by atoms with Gasteiger partial charge in [0.05, 0.1) is 33.0 Å². The molecule has 0 spiro atoms. The van der Waals surface area contributed by atoms with E-state index in [1.54, 1.807) is 7.05 Å². The van der Waals surface area contributed by atoms with Gasteiger partial charge >= 0.3 is 0 Å². The molecular weight excluding hydrogens is 544 g/mol. The van der Waals surface area contributed by atoms with Crippen LogP contribution >= 0.6 is 0 Å². The van der Waals surface area contributed by atoms with Crippen LogP contribution in [0.2, 0.25) is 0 Å². The lowest BCUT2D eigenvalue weighted by Crippen LogP contribution is -2.51. The molecule has 40 heavy (non-hydrogen) atoms. The largest absolute Gasteiger partial charge is 0.377 e. The molecule has 15 heteroatoms. The van der Waals surface area contributed by atoms with E-state index in [0.717, 1.165) is 16.6 Å². The average Bonchev–Trinajstić information content (AvgIpc) is 3.23. The summed E-state index contributed by atoms with van der Waals surface area (Å²) < 4.78 is 44.9. The number of benzene rings is 1. The van der Waals surface area contributed by atoms with Crippen molar-refractivity contribution in [1.82, 2.24) is 31.0 Å². The van der Waals surface area contributed by atoms with Crippen molar-refractivity contribution in [2.24, 2.45) is 0 Å². The summed E-state index contributed by atoms with van der Waals surface area (Å²) in [6.45, 7) is 3.74. The first-order valence-corrected chi connectivity index (χ1v) is 14.5. The van der Waals surface area contributed by atoms with Crippen LogP contribution in [-0.2, 0) is 47.1 Å². The fourth-order valence-corrected chi connectivity index (χ4v) is 4.50. The smallest absolute Gasteiger partial charge is 0.267 e. The van der Waals surface area contributed by atoms with Crippen molar-refractivity contribution in [2.45, 2.75) is 32.5 Å². The number of hydrazine groups is 1. The van der Waals surface area contributed by atoms with E-state index in [1.165, 1.54) is 6.92 Å². The van der Waals surface area contributed by atoms with Crippen LogP contribution in [0.4, 0.5) is 0 Å². The van der Waals surface area contributed by atoms with Gasteiger partial charge in [-0.15, -0.1) is 0 Å². The van der Waals surface area contributed by atoms with Gasteiger partial charge in [0.15, 0.2) is 0 Å². The molecule has 3 amide bonds. The Bertz CT molecular complexity index is 1220. The summed E-state index contributed by atoms with van der Waals surface area (Å²) in [4.78, 5) is 36.1. The van der Waals surface area contributed by atoms with E-state index >= 15 is 0 Å². The highest BCUT2D eigenvalue weighted by molar-refractivity contribution is 7.85. The fourth-order valence-electron chi connectivity index (χ4n) is 3.85. The number of rotatable bonds is 19. The first-order chi connectivity index (χ1) is 19.0. The summed E-state index contributed by atoms with van der Waals surface area (Å²) in [5, 5.41) is 10.4. The van der Waals surface area contributed by atoms with Crippen LogP contribution in [0.5, 0.6) is 0 Å². The Kier molecular flexibility index (Phi) is 14.0. The van der Waals surface area contributed by atoms with Crippen molar-refractivity contribution in [3.05, 3.63) is 36.0 Å². The molecule has 0 aliphatic carbocycles. The first kappa shape index (κ1) is 33.1. The molecule has 0 bridgehead atoms. The van der Waals surface area contributed by atoms with Gasteiger partial charge in [0.2, 0.25) is 17.7 Å². The van der Waals surface area contributed by atoms with Crippen LogP contribution in [0, 0.1) is 0 Å². The number of carbonyl (C=O) groups is 3. The Morgan fingerprint density at radius 2 is 1.70 bits per heavy atom. The van der Waals surface area contributed by atoms with Gasteiger partial charge in [-0.2, -0.15) is 8.42 Å². The number of nitrogens with zero attached hydrogens (tertiary/aromatic N) is 2. The highest BCUT2D eigenvalue weighted by Gasteiger charge is 2.26. The maximum atomic E-state index is 12.8. The zero-order valence-corrected chi connectivity index (χ0v) is 24.0. The highest BCUT2D eigenvalue weighted by atomic mass is 32.2. The van der Waals surface area contributed by atoms with E-state index in [9.17, 15) is 27.4 Å². The molecule has 1 heterocycles. The van der Waals surface area contributed by atoms with Gasteiger partial charge in [0.1, 0.15) is 11.8 Å². The number of nitrogens with one attached hydrogen (secondary N) is 4. The molecule has 0 aliphatic heterocycles. The normalized spacial score (nSPS) is 12.4. The maximum absolute atomic E-state index is 12.8. The fraction of sp³-hybridized carbons (Fsp3) is 0.560. The minimum absolute atomic E-state index is 0.0186. The maximum Gasteiger partial charge on any atom is 0.267 e. The lowest BCUT2D eigenvalue weighted by molar-refractivity contribution is -0.128. The van der Waals surface area contributed by atoms with E-state index in [2.05, 4.69) is 21.4 Å². The summed E-state index contributed by atoms with van der Waals surface area (Å²) in [7, 11) is -0.850. The van der Waals surface area contributed by atoms with Gasteiger partial charge in [0, 0.05) is 51.2 Å². The molecule has 0 radical (unpaired) electrons. The van der Waals surface area contributed by atoms with E-state index in [4.69, 9.17) is 9.47 Å². The third kappa shape index (κ3) is 12.4. The Balaban J connectivity index is 1.86. The molecule has 0 aliphatic rings. The second kappa shape index (κ2) is 16.9. The summed E-state index contributed by atoms with van der Waals surface area (Å²) in [6, 6.07) is 8.32. The Morgan fingerprint density at radius 1 is 1.05 bits per heavy atom. The van der Waals surface area contributed by atoms with E-state index in [0.29, 0.717) is 32.8 Å². The van der Waals surface area contributed by atoms with E-state index in [1.807, 2.05) is 47.0 Å². The highest BCUT2D eigenvalue weighted by Crippen LogP contribution is 2.21. The zero-order chi connectivity index (χ0) is 29.5. The molecule has 2 rings (SSSR count). The molecular formula is C25H40N6O8S. The SMILES string of the molecule is CNN(C)Cc1cc2ccccc2n1CCC(=O)N[C@@H](CS(=O)(=O)O)C(=O)NCCOCCOCCNC(C)=O. The summed E-state index contributed by atoms with van der Waals surface area (Å²) in [5.41, 5.74) is 4.95. The van der Waals surface area contributed by atoms with Crippen molar-refractivity contribution in [3.63, 3.8) is 0 Å². The number of hydrogen-bond donors (Lipinski definition) is 5. The van der Waals surface area contributed by atoms with Crippen molar-refractivity contribution in [3.8, 4) is 0 Å². The number of ether oxygens (including phenoxy) is 2. The molecule has 1 aromatic heterocycles. The Labute approximate surface area is 234 Å². The van der Waals surface area contributed by atoms with Crippen molar-refractivity contribution < 1.29 is 36.8 Å². The lowest BCUT2D eigenvalue weighted by Gasteiger charge is -2.19.